The van der Waals surface area contributed by atoms with Crippen molar-refractivity contribution in [2.24, 2.45) is 29.1 Å². The predicted molar refractivity (Wildman–Crippen MR) is 253 cm³/mol. The lowest BCUT2D eigenvalue weighted by molar-refractivity contribution is -0.148. The zero-order valence-electron chi connectivity index (χ0n) is 41.0. The summed E-state index contributed by atoms with van der Waals surface area (Å²) in [7, 11) is 1.95. The van der Waals surface area contributed by atoms with Crippen LogP contribution in [0.1, 0.15) is 239 Å². The maximum Gasteiger partial charge on any atom is 0.508 e. The number of esters is 1. The van der Waals surface area contributed by atoms with Gasteiger partial charge in [-0.3, -0.25) is 14.6 Å². The molecular weight excluding hydrogens is 785 g/mol. The highest BCUT2D eigenvalue weighted by molar-refractivity contribution is 5.66. The Labute approximate surface area is 385 Å². The van der Waals surface area contributed by atoms with E-state index in [1.807, 2.05) is 7.11 Å². The van der Waals surface area contributed by atoms with Crippen LogP contribution in [0.2, 0.25) is 0 Å². The van der Waals surface area contributed by atoms with Crippen molar-refractivity contribution in [1.29, 1.82) is 0 Å². The Kier molecular flexibility index (Phi) is 17.6. The molecule has 0 N–H and O–H groups in total. The molecule has 0 aromatic carbocycles. The van der Waals surface area contributed by atoms with Crippen molar-refractivity contribution in [1.82, 2.24) is 9.80 Å². The Morgan fingerprint density at radius 2 is 0.778 bits per heavy atom. The van der Waals surface area contributed by atoms with Gasteiger partial charge >= 0.3 is 12.1 Å². The van der Waals surface area contributed by atoms with Crippen molar-refractivity contribution in [3.8, 4) is 0 Å². The van der Waals surface area contributed by atoms with Gasteiger partial charge in [0, 0.05) is 56.7 Å². The van der Waals surface area contributed by atoms with Crippen molar-refractivity contribution in [2.45, 2.75) is 300 Å². The molecule has 8 heteroatoms. The fraction of sp³-hybridized carbons (Fsp3) is 0.964. The van der Waals surface area contributed by atoms with E-state index in [4.69, 9.17) is 18.9 Å². The third kappa shape index (κ3) is 12.6. The first kappa shape index (κ1) is 48.1. The monoisotopic (exact) mass is 879 g/mol. The second-order valence-electron chi connectivity index (χ2n) is 23.6. The predicted octanol–water partition coefficient (Wildman–Crippen LogP) is 13.5. The molecule has 0 aromatic rings. The molecule has 0 saturated heterocycles. The summed E-state index contributed by atoms with van der Waals surface area (Å²) in [6.07, 6.45) is 43.4. The van der Waals surface area contributed by atoms with Crippen molar-refractivity contribution < 1.29 is 28.5 Å². The molecule has 8 aliphatic carbocycles. The molecule has 4 atom stereocenters. The highest BCUT2D eigenvalue weighted by Gasteiger charge is 2.44. The van der Waals surface area contributed by atoms with Gasteiger partial charge in [-0.25, -0.2) is 4.79 Å². The summed E-state index contributed by atoms with van der Waals surface area (Å²) in [5, 5.41) is 0. The van der Waals surface area contributed by atoms with E-state index in [1.165, 1.54) is 155 Å². The normalized spacial score (nSPS) is 38.3. The van der Waals surface area contributed by atoms with Gasteiger partial charge in [0.25, 0.3) is 0 Å². The van der Waals surface area contributed by atoms with Crippen LogP contribution >= 0.6 is 0 Å². The number of hydrogen-bond acceptors (Lipinski definition) is 8. The Balaban J connectivity index is 0.796. The molecule has 8 aliphatic rings. The van der Waals surface area contributed by atoms with E-state index in [2.05, 4.69) is 23.6 Å². The lowest BCUT2D eigenvalue weighted by Crippen LogP contribution is -2.54. The van der Waals surface area contributed by atoms with Gasteiger partial charge < -0.3 is 18.9 Å². The molecule has 8 saturated carbocycles. The van der Waals surface area contributed by atoms with E-state index in [0.717, 1.165) is 101 Å². The topological polar surface area (TPSA) is 77.5 Å². The van der Waals surface area contributed by atoms with Crippen LogP contribution in [-0.4, -0.2) is 89.7 Å². The summed E-state index contributed by atoms with van der Waals surface area (Å²) in [6, 6.07) is 4.29. The van der Waals surface area contributed by atoms with Crippen LogP contribution in [0.4, 0.5) is 4.79 Å². The quantitative estimate of drug-likeness (QED) is 0.169. The van der Waals surface area contributed by atoms with Crippen LogP contribution in [0, 0.1) is 29.1 Å². The number of ether oxygens (including phenoxy) is 4. The minimum atomic E-state index is -0.411. The minimum absolute atomic E-state index is 0.0200. The lowest BCUT2D eigenvalue weighted by Gasteiger charge is -2.51. The van der Waals surface area contributed by atoms with E-state index in [-0.39, 0.29) is 29.7 Å². The van der Waals surface area contributed by atoms with Gasteiger partial charge in [0.2, 0.25) is 0 Å². The van der Waals surface area contributed by atoms with Crippen LogP contribution < -0.4 is 0 Å². The molecule has 360 valence electrons. The summed E-state index contributed by atoms with van der Waals surface area (Å²) in [6.45, 7) is 6.44. The van der Waals surface area contributed by atoms with Crippen LogP contribution in [0.5, 0.6) is 0 Å². The van der Waals surface area contributed by atoms with Crippen LogP contribution in [-0.2, 0) is 23.7 Å². The molecule has 0 aliphatic heterocycles. The molecule has 8 fully saturated rings. The Morgan fingerprint density at radius 1 is 0.397 bits per heavy atom. The Hall–Kier alpha value is -1.38. The second-order valence-corrected chi connectivity index (χ2v) is 23.6. The van der Waals surface area contributed by atoms with Crippen LogP contribution in [0.3, 0.4) is 0 Å². The molecule has 0 heterocycles. The van der Waals surface area contributed by atoms with E-state index in [0.29, 0.717) is 36.1 Å². The third-order valence-electron chi connectivity index (χ3n) is 19.7. The molecule has 8 nitrogen and oxygen atoms in total. The molecular formula is C55H94N2O6. The number of hydrogen-bond donors (Lipinski definition) is 0. The van der Waals surface area contributed by atoms with Crippen LogP contribution in [0.15, 0.2) is 0 Å². The first-order chi connectivity index (χ1) is 30.6. The number of carbonyl (C=O) groups is 2. The molecule has 4 unspecified atom stereocenters. The molecule has 0 aromatic heterocycles. The highest BCUT2D eigenvalue weighted by Crippen LogP contribution is 2.50. The highest BCUT2D eigenvalue weighted by atomic mass is 16.7. The fourth-order valence-electron chi connectivity index (χ4n) is 16.1. The van der Waals surface area contributed by atoms with Gasteiger partial charge in [-0.2, -0.15) is 0 Å². The Bertz CT molecular complexity index is 1380. The van der Waals surface area contributed by atoms with Gasteiger partial charge in [-0.1, -0.05) is 52.4 Å². The Morgan fingerprint density at radius 3 is 1.22 bits per heavy atom. The van der Waals surface area contributed by atoms with Gasteiger partial charge in [0.05, 0.1) is 6.10 Å². The van der Waals surface area contributed by atoms with Gasteiger partial charge in [-0.15, -0.1) is 0 Å². The first-order valence-electron chi connectivity index (χ1n) is 27.8. The summed E-state index contributed by atoms with van der Waals surface area (Å²) >= 11 is 0. The van der Waals surface area contributed by atoms with Crippen molar-refractivity contribution in [2.75, 3.05) is 7.11 Å². The maximum atomic E-state index is 13.4. The smallest absolute Gasteiger partial charge is 0.463 e. The third-order valence-corrected chi connectivity index (χ3v) is 19.7. The zero-order valence-corrected chi connectivity index (χ0v) is 41.0. The largest absolute Gasteiger partial charge is 0.508 e. The van der Waals surface area contributed by atoms with Crippen molar-refractivity contribution in [3.05, 3.63) is 0 Å². The average molecular weight is 879 g/mol. The van der Waals surface area contributed by atoms with Crippen molar-refractivity contribution in [3.63, 3.8) is 0 Å². The second kappa shape index (κ2) is 23.1. The summed E-state index contributed by atoms with van der Waals surface area (Å²) < 4.78 is 23.9. The van der Waals surface area contributed by atoms with E-state index < -0.39 is 6.16 Å². The molecule has 0 spiro atoms. The maximum absolute atomic E-state index is 13.4. The molecule has 8 rings (SSSR count). The summed E-state index contributed by atoms with van der Waals surface area (Å²) in [4.78, 5) is 31.1. The van der Waals surface area contributed by atoms with E-state index >= 15 is 0 Å². The molecule has 0 amide bonds. The standard InChI is InChI=1S/C55H94N2O6/c1-39(58)61-50-33-25-42(26-34-50)55(2,3)43-27-35-51(36-28-43)62-54(59)63-53-20-12-18-49(38-53)57(45-15-9-6-10-16-45)47-31-23-41(24-32-47)40-21-29-46(30-22-40)56(44-13-7-5-8-14-44)48-17-11-19-52(37-48)60-4/h40-53H,5-38H2,1-4H3. The summed E-state index contributed by atoms with van der Waals surface area (Å²) in [5.41, 5.74) is 0.243. The molecule has 63 heavy (non-hydrogen) atoms. The number of carbonyl (C=O) groups excluding carboxylic acids is 2. The number of methoxy groups -OCH3 is 1. The van der Waals surface area contributed by atoms with Crippen LogP contribution in [0.25, 0.3) is 0 Å². The molecule has 0 bridgehead atoms. The SMILES string of the molecule is COC1CCCC(N(C2CCCCC2)C2CCC(C3CCC(N(C4CCCCC4)C4CCCC(OC(=O)OC5CCC(C(C)(C)C6CCC(OC(C)=O)CC6)CC5)C4)CC3)CC2)C1. The summed E-state index contributed by atoms with van der Waals surface area (Å²) in [5.74, 6) is 2.98. The van der Waals surface area contributed by atoms with E-state index in [1.54, 1.807) is 0 Å². The number of rotatable bonds is 13. The lowest BCUT2D eigenvalue weighted by atomic mass is 9.60. The van der Waals surface area contributed by atoms with Gasteiger partial charge in [0.1, 0.15) is 18.3 Å². The fourth-order valence-corrected chi connectivity index (χ4v) is 16.1. The first-order valence-corrected chi connectivity index (χ1v) is 27.8. The van der Waals surface area contributed by atoms with Crippen molar-refractivity contribution >= 4 is 12.1 Å². The number of nitrogens with zero attached hydrogens (tertiary/aromatic N) is 2. The average Bonchev–Trinajstić information content (AvgIpc) is 3.31. The zero-order chi connectivity index (χ0) is 43.8. The van der Waals surface area contributed by atoms with Gasteiger partial charge in [-0.05, 0) is 202 Å². The van der Waals surface area contributed by atoms with E-state index in [9.17, 15) is 9.59 Å². The van der Waals surface area contributed by atoms with Gasteiger partial charge in [0.15, 0.2) is 0 Å². The minimum Gasteiger partial charge on any atom is -0.463 e. The molecule has 0 radical (unpaired) electrons.